The third kappa shape index (κ3) is 7.93. The first-order chi connectivity index (χ1) is 22.8. The number of β-amino-alcohol motifs (C(OH)–C–C–N with tert-alkyl or cyclic N) is 1. The quantitative estimate of drug-likeness (QED) is 0.186. The Kier molecular flexibility index (Phi) is 10.7. The molecule has 6 rings (SSSR count). The number of nitrogens with two attached hydrogens (primary N) is 1. The molecular formula is C36H44ClN5O6S. The van der Waals surface area contributed by atoms with Crippen LogP contribution in [0, 0.1) is 12.3 Å². The number of nitrogens with zero attached hydrogens (tertiary/aromatic N) is 2. The number of amides is 3. The second-order valence-corrected chi connectivity index (χ2v) is 14.9. The number of carbonyl (C=O) groups excluding carboxylic acids is 3. The van der Waals surface area contributed by atoms with Gasteiger partial charge in [-0.25, -0.2) is 4.98 Å². The minimum Gasteiger partial charge on any atom is -0.490 e. The number of hydrogen-bond acceptors (Lipinski definition) is 9. The normalized spacial score (nSPS) is 21.7. The van der Waals surface area contributed by atoms with Crippen LogP contribution in [0.1, 0.15) is 74.8 Å². The van der Waals surface area contributed by atoms with Gasteiger partial charge in [-0.3, -0.25) is 14.4 Å². The minimum atomic E-state index is -0.999. The molecule has 4 atom stereocenters. The van der Waals surface area contributed by atoms with Gasteiger partial charge in [0.15, 0.2) is 5.76 Å². The number of halogens is 1. The van der Waals surface area contributed by atoms with Crippen molar-refractivity contribution in [2.45, 2.75) is 90.3 Å². The van der Waals surface area contributed by atoms with Gasteiger partial charge in [-0.05, 0) is 67.5 Å². The van der Waals surface area contributed by atoms with Crippen molar-refractivity contribution >= 4 is 52.4 Å². The van der Waals surface area contributed by atoms with Gasteiger partial charge in [0.1, 0.15) is 29.5 Å². The Morgan fingerprint density at radius 3 is 2.43 bits per heavy atom. The Bertz CT molecular complexity index is 1810. The molecule has 0 bridgehead atoms. The molecule has 1 aliphatic heterocycles. The lowest BCUT2D eigenvalue weighted by molar-refractivity contribution is -0.142. The summed E-state index contributed by atoms with van der Waals surface area (Å²) in [4.78, 5) is 48.0. The lowest BCUT2D eigenvalue weighted by atomic mass is 9.85. The summed E-state index contributed by atoms with van der Waals surface area (Å²) in [5.41, 5.74) is 10.4. The van der Waals surface area contributed by atoms with E-state index in [1.165, 1.54) is 4.90 Å². The average Bonchev–Trinajstić information content (AvgIpc) is 3.76. The molecule has 0 radical (unpaired) electrons. The predicted octanol–water partition coefficient (Wildman–Crippen LogP) is 5.14. The van der Waals surface area contributed by atoms with E-state index >= 15 is 0 Å². The van der Waals surface area contributed by atoms with Crippen molar-refractivity contribution in [2.24, 2.45) is 11.1 Å². The molecule has 2 aromatic heterocycles. The summed E-state index contributed by atoms with van der Waals surface area (Å²) in [6, 6.07) is 12.9. The number of aromatic nitrogens is 1. The molecule has 4 aromatic rings. The number of likely N-dealkylation sites (tertiary alicyclic amines) is 1. The Hall–Kier alpha value is -3.97. The molecule has 2 aliphatic rings. The van der Waals surface area contributed by atoms with Crippen LogP contribution in [0.2, 0.25) is 0 Å². The maximum atomic E-state index is 14.1. The van der Waals surface area contributed by atoms with Crippen LogP contribution >= 0.6 is 23.7 Å². The Morgan fingerprint density at radius 2 is 1.80 bits per heavy atom. The number of aryl methyl sites for hydroxylation is 1. The third-order valence-electron chi connectivity index (χ3n) is 9.18. The second kappa shape index (κ2) is 14.5. The highest BCUT2D eigenvalue weighted by molar-refractivity contribution is 7.13. The second-order valence-electron chi connectivity index (χ2n) is 14.1. The summed E-state index contributed by atoms with van der Waals surface area (Å²) < 4.78 is 11.8. The fourth-order valence-corrected chi connectivity index (χ4v) is 7.13. The number of hydrogen-bond donors (Lipinski definition) is 4. The van der Waals surface area contributed by atoms with Crippen molar-refractivity contribution in [3.8, 4) is 16.2 Å². The van der Waals surface area contributed by atoms with Crippen LogP contribution in [0.4, 0.5) is 0 Å². The highest BCUT2D eigenvalue weighted by atomic mass is 35.5. The van der Waals surface area contributed by atoms with E-state index in [2.05, 4.69) is 15.6 Å². The highest BCUT2D eigenvalue weighted by Crippen LogP contribution is 2.31. The van der Waals surface area contributed by atoms with Crippen molar-refractivity contribution in [3.63, 3.8) is 0 Å². The summed E-state index contributed by atoms with van der Waals surface area (Å²) in [6.45, 7) is 9.35. The molecule has 3 heterocycles. The van der Waals surface area contributed by atoms with Gasteiger partial charge in [0, 0.05) is 24.4 Å². The van der Waals surface area contributed by atoms with Gasteiger partial charge in [-0.2, -0.15) is 0 Å². The number of nitrogens with one attached hydrogen (secondary N) is 2. The minimum absolute atomic E-state index is 0. The molecule has 3 amide bonds. The van der Waals surface area contributed by atoms with Crippen molar-refractivity contribution in [1.82, 2.24) is 20.5 Å². The molecule has 13 heteroatoms. The molecule has 262 valence electrons. The van der Waals surface area contributed by atoms with Crippen molar-refractivity contribution in [2.75, 3.05) is 6.54 Å². The topological polar surface area (TPSA) is 160 Å². The first-order valence-corrected chi connectivity index (χ1v) is 17.2. The smallest absolute Gasteiger partial charge is 0.287 e. The maximum Gasteiger partial charge on any atom is 0.287 e. The van der Waals surface area contributed by atoms with E-state index in [4.69, 9.17) is 14.9 Å². The van der Waals surface area contributed by atoms with Crippen LogP contribution in [-0.4, -0.2) is 69.6 Å². The van der Waals surface area contributed by atoms with Gasteiger partial charge < -0.3 is 35.5 Å². The zero-order valence-corrected chi connectivity index (χ0v) is 29.9. The van der Waals surface area contributed by atoms with Gasteiger partial charge in [0.25, 0.3) is 5.91 Å². The summed E-state index contributed by atoms with van der Waals surface area (Å²) in [5, 5.41) is 17.2. The van der Waals surface area contributed by atoms with Gasteiger partial charge in [-0.1, -0.05) is 45.0 Å². The van der Waals surface area contributed by atoms with Crippen LogP contribution in [0.15, 0.2) is 58.5 Å². The Morgan fingerprint density at radius 1 is 1.08 bits per heavy atom. The number of carbonyl (C=O) groups is 3. The van der Waals surface area contributed by atoms with Crippen LogP contribution in [0.25, 0.3) is 21.4 Å². The van der Waals surface area contributed by atoms with Crippen molar-refractivity contribution in [3.05, 3.63) is 71.1 Å². The van der Waals surface area contributed by atoms with Crippen LogP contribution in [0.3, 0.4) is 0 Å². The molecule has 1 aliphatic carbocycles. The number of furan rings is 1. The lowest BCUT2D eigenvalue weighted by Crippen LogP contribution is -2.57. The van der Waals surface area contributed by atoms with E-state index < -0.39 is 35.4 Å². The third-order valence-corrected chi connectivity index (χ3v) is 10.2. The molecule has 2 aromatic carbocycles. The number of aliphatic hydroxyl groups is 1. The average molecular weight is 710 g/mol. The zero-order valence-electron chi connectivity index (χ0n) is 28.3. The molecule has 0 unspecified atom stereocenters. The maximum absolute atomic E-state index is 14.1. The monoisotopic (exact) mass is 709 g/mol. The summed E-state index contributed by atoms with van der Waals surface area (Å²) in [7, 11) is 0. The van der Waals surface area contributed by atoms with Crippen LogP contribution in [0.5, 0.6) is 5.75 Å². The first kappa shape index (κ1) is 36.3. The summed E-state index contributed by atoms with van der Waals surface area (Å²) in [5.74, 6) is -0.652. The molecule has 0 spiro atoms. The summed E-state index contributed by atoms with van der Waals surface area (Å²) in [6.07, 6.45) is 0.906. The SMILES string of the molecule is Cc1ncsc1-c1ccc([C@H](C)NC(=O)[C@@H]2C[C@@H](O)CN2C(=O)[C@@H](NC(=O)c2cc3cc(OC4CC(N)C4)ccc3o2)C(C)(C)C)cc1.Cl. The number of benzene rings is 2. The van der Waals surface area contributed by atoms with Gasteiger partial charge in [-0.15, -0.1) is 23.7 Å². The van der Waals surface area contributed by atoms with E-state index in [9.17, 15) is 19.5 Å². The van der Waals surface area contributed by atoms with Crippen LogP contribution in [-0.2, 0) is 9.59 Å². The van der Waals surface area contributed by atoms with E-state index in [1.54, 1.807) is 29.5 Å². The molecule has 5 N–H and O–H groups in total. The molecule has 1 saturated carbocycles. The number of aliphatic hydroxyl groups excluding tert-OH is 1. The molecule has 1 saturated heterocycles. The number of fused-ring (bicyclic) bond motifs is 1. The van der Waals surface area contributed by atoms with Gasteiger partial charge >= 0.3 is 0 Å². The first-order valence-electron chi connectivity index (χ1n) is 16.3. The van der Waals surface area contributed by atoms with E-state index in [1.807, 2.05) is 70.5 Å². The number of ether oxygens (including phenoxy) is 1. The Balaban J connectivity index is 0.00000468. The van der Waals surface area contributed by atoms with Gasteiger partial charge in [0.2, 0.25) is 11.8 Å². The summed E-state index contributed by atoms with van der Waals surface area (Å²) >= 11 is 1.58. The van der Waals surface area contributed by atoms with E-state index in [0.717, 1.165) is 34.5 Å². The predicted molar refractivity (Wildman–Crippen MR) is 191 cm³/mol. The van der Waals surface area contributed by atoms with E-state index in [0.29, 0.717) is 16.7 Å². The Labute approximate surface area is 296 Å². The van der Waals surface area contributed by atoms with Gasteiger partial charge in [0.05, 0.1) is 28.2 Å². The largest absolute Gasteiger partial charge is 0.490 e. The molecular weight excluding hydrogens is 666 g/mol. The molecule has 11 nitrogen and oxygen atoms in total. The highest BCUT2D eigenvalue weighted by Gasteiger charge is 2.45. The molecule has 49 heavy (non-hydrogen) atoms. The van der Waals surface area contributed by atoms with Crippen molar-refractivity contribution < 1.29 is 28.6 Å². The standard InChI is InChI=1S/C36H43N5O6S.ClH/c1-19(21-6-8-22(9-7-21)31-20(2)38-18-48-31)39-33(43)28-16-25(42)17-41(28)35(45)32(36(3,4)5)40-34(44)30-13-23-12-26(10-11-29(23)47-30)46-27-14-24(37)15-27;/h6-13,18-19,24-25,27-28,32,42H,14-17,37H2,1-5H3,(H,39,43)(H,40,44);1H/t19-,24?,25+,27?,28-,32+;/m0./s1. The van der Waals surface area contributed by atoms with Crippen molar-refractivity contribution in [1.29, 1.82) is 0 Å². The number of rotatable bonds is 9. The number of thiazole rings is 1. The molecule has 2 fully saturated rings. The lowest BCUT2D eigenvalue weighted by Gasteiger charge is -2.35. The zero-order chi connectivity index (χ0) is 34.3. The van der Waals surface area contributed by atoms with Crippen LogP contribution < -0.4 is 21.1 Å². The fraction of sp³-hybridized carbons (Fsp3) is 0.444. The van der Waals surface area contributed by atoms with E-state index in [-0.39, 0.29) is 55.2 Å². The fourth-order valence-electron chi connectivity index (χ4n) is 6.32.